The molecule has 1 aromatic heterocycles. The highest BCUT2D eigenvalue weighted by atomic mass is 16.5. The largest absolute Gasteiger partial charge is 0.497 e. The minimum Gasteiger partial charge on any atom is -0.497 e. The lowest BCUT2D eigenvalue weighted by atomic mass is 10.1. The molecule has 3 N–H and O–H groups in total. The summed E-state index contributed by atoms with van der Waals surface area (Å²) < 4.78 is 6.15. The van der Waals surface area contributed by atoms with Crippen LogP contribution in [0.4, 0.5) is 0 Å². The zero-order chi connectivity index (χ0) is 21.4. The summed E-state index contributed by atoms with van der Waals surface area (Å²) in [5.74, 6) is 0.161. The van der Waals surface area contributed by atoms with Crippen molar-refractivity contribution in [2.45, 2.75) is 27.2 Å². The third-order valence-electron chi connectivity index (χ3n) is 4.69. The van der Waals surface area contributed by atoms with Crippen LogP contribution in [-0.2, 0) is 0 Å². The van der Waals surface area contributed by atoms with Gasteiger partial charge in [0.15, 0.2) is 0 Å². The monoisotopic (exact) mass is 403 g/mol. The van der Waals surface area contributed by atoms with Crippen LogP contribution >= 0.6 is 0 Å². The van der Waals surface area contributed by atoms with Gasteiger partial charge in [-0.1, -0.05) is 20.8 Å². The highest BCUT2D eigenvalue weighted by Crippen LogP contribution is 2.20. The second-order valence-corrected chi connectivity index (χ2v) is 6.34. The molecule has 0 spiro atoms. The number of aromatic hydroxyl groups is 1. The molecule has 0 bridgehead atoms. The molecule has 9 heteroatoms. The molecular weight excluding hydrogens is 374 g/mol. The number of benzene rings is 1. The Labute approximate surface area is 169 Å². The number of H-pyrrole nitrogens is 1. The molecule has 158 valence electrons. The number of aromatic amines is 1. The number of nitrogens with zero attached hydrogens (tertiary/aromatic N) is 3. The van der Waals surface area contributed by atoms with E-state index in [4.69, 9.17) is 4.74 Å². The van der Waals surface area contributed by atoms with Crippen LogP contribution in [0.25, 0.3) is 5.69 Å². The number of nitrogens with one attached hydrogen (secondary N) is 2. The van der Waals surface area contributed by atoms with Gasteiger partial charge in [0.2, 0.25) is 5.88 Å². The minimum atomic E-state index is -0.730. The topological polar surface area (TPSA) is 112 Å². The number of rotatable bonds is 10. The molecule has 0 aliphatic rings. The predicted molar refractivity (Wildman–Crippen MR) is 113 cm³/mol. The Morgan fingerprint density at radius 2 is 1.86 bits per heavy atom. The van der Waals surface area contributed by atoms with Crippen molar-refractivity contribution >= 4 is 5.71 Å². The van der Waals surface area contributed by atoms with Gasteiger partial charge < -0.3 is 20.2 Å². The second-order valence-electron chi connectivity index (χ2n) is 6.34. The van der Waals surface area contributed by atoms with E-state index >= 15 is 0 Å². The lowest BCUT2D eigenvalue weighted by Gasteiger charge is -2.17. The normalized spacial score (nSPS) is 11.7. The lowest BCUT2D eigenvalue weighted by Crippen LogP contribution is -2.34. The SMILES string of the molecule is CC/C(=N\NCCN(CC)CC)c1c(O)n(-c2ccc(OC)cc2)c(=O)[nH]c1=O. The average Bonchev–Trinajstić information content (AvgIpc) is 2.72. The fraction of sp³-hybridized carbons (Fsp3) is 0.450. The third-order valence-corrected chi connectivity index (χ3v) is 4.69. The minimum absolute atomic E-state index is 0.0294. The van der Waals surface area contributed by atoms with Crippen LogP contribution in [0.15, 0.2) is 39.0 Å². The Kier molecular flexibility index (Phi) is 8.02. The van der Waals surface area contributed by atoms with Crippen LogP contribution in [0.2, 0.25) is 0 Å². The molecule has 0 unspecified atom stereocenters. The Morgan fingerprint density at radius 3 is 2.41 bits per heavy atom. The van der Waals surface area contributed by atoms with Gasteiger partial charge in [0, 0.05) is 13.1 Å². The quantitative estimate of drug-likeness (QED) is 0.313. The molecule has 0 saturated carbocycles. The molecule has 0 fully saturated rings. The van der Waals surface area contributed by atoms with Crippen LogP contribution in [-0.4, -0.2) is 58.6 Å². The number of likely N-dealkylation sites (N-methyl/N-ethyl adjacent to an activating group) is 1. The smallest absolute Gasteiger partial charge is 0.335 e. The van der Waals surface area contributed by atoms with Crippen LogP contribution in [0.5, 0.6) is 11.6 Å². The summed E-state index contributed by atoms with van der Waals surface area (Å²) in [5.41, 5.74) is 2.28. The van der Waals surface area contributed by atoms with E-state index in [2.05, 4.69) is 34.3 Å². The van der Waals surface area contributed by atoms with Crippen LogP contribution < -0.4 is 21.4 Å². The molecule has 29 heavy (non-hydrogen) atoms. The van der Waals surface area contributed by atoms with Gasteiger partial charge in [-0.2, -0.15) is 5.10 Å². The molecule has 9 nitrogen and oxygen atoms in total. The Balaban J connectivity index is 2.39. The van der Waals surface area contributed by atoms with E-state index in [9.17, 15) is 14.7 Å². The summed E-state index contributed by atoms with van der Waals surface area (Å²) in [6.07, 6.45) is 0.399. The number of ether oxygens (including phenoxy) is 1. The van der Waals surface area contributed by atoms with Crippen molar-refractivity contribution in [2.24, 2.45) is 5.10 Å². The molecule has 0 saturated heterocycles. The van der Waals surface area contributed by atoms with E-state index < -0.39 is 17.1 Å². The van der Waals surface area contributed by atoms with Gasteiger partial charge in [-0.3, -0.25) is 9.78 Å². The van der Waals surface area contributed by atoms with Crippen molar-refractivity contribution < 1.29 is 9.84 Å². The molecular formula is C20H29N5O4. The van der Waals surface area contributed by atoms with E-state index in [1.807, 2.05) is 6.92 Å². The Morgan fingerprint density at radius 1 is 1.21 bits per heavy atom. The van der Waals surface area contributed by atoms with Gasteiger partial charge in [0.25, 0.3) is 5.56 Å². The lowest BCUT2D eigenvalue weighted by molar-refractivity contribution is 0.303. The molecule has 0 radical (unpaired) electrons. The van der Waals surface area contributed by atoms with Crippen LogP contribution in [0.3, 0.4) is 0 Å². The van der Waals surface area contributed by atoms with Crippen LogP contribution in [0, 0.1) is 0 Å². The first-order chi connectivity index (χ1) is 14.0. The predicted octanol–water partition coefficient (Wildman–Crippen LogP) is 1.29. The molecule has 2 aromatic rings. The molecule has 0 aliphatic carbocycles. The zero-order valence-electron chi connectivity index (χ0n) is 17.4. The van der Waals surface area contributed by atoms with E-state index in [-0.39, 0.29) is 5.56 Å². The highest BCUT2D eigenvalue weighted by Gasteiger charge is 2.19. The molecule has 0 aliphatic heterocycles. The molecule has 1 aromatic carbocycles. The second kappa shape index (κ2) is 10.5. The van der Waals surface area contributed by atoms with E-state index in [1.54, 1.807) is 24.3 Å². The van der Waals surface area contributed by atoms with Crippen LogP contribution in [0.1, 0.15) is 32.8 Å². The number of hydrogen-bond acceptors (Lipinski definition) is 7. The first kappa shape index (κ1) is 22.2. The summed E-state index contributed by atoms with van der Waals surface area (Å²) in [6, 6.07) is 6.56. The van der Waals surface area contributed by atoms with Crippen molar-refractivity contribution in [3.63, 3.8) is 0 Å². The van der Waals surface area contributed by atoms with Crippen molar-refractivity contribution in [3.05, 3.63) is 50.7 Å². The molecule has 0 atom stereocenters. The summed E-state index contributed by atoms with van der Waals surface area (Å²) in [5, 5.41) is 15.0. The van der Waals surface area contributed by atoms with Gasteiger partial charge >= 0.3 is 5.69 Å². The van der Waals surface area contributed by atoms with Gasteiger partial charge in [-0.05, 0) is 43.8 Å². The average molecular weight is 403 g/mol. The fourth-order valence-corrected chi connectivity index (χ4v) is 2.97. The standard InChI is InChI=1S/C20H29N5O4/c1-5-16(23-21-12-13-24(6-2)7-3)17-18(26)22-20(28)25(19(17)27)14-8-10-15(29-4)11-9-14/h8-11,21,27H,5-7,12-13H2,1-4H3,(H,22,26,28)/b23-16+. The number of aromatic nitrogens is 2. The first-order valence-electron chi connectivity index (χ1n) is 9.71. The van der Waals surface area contributed by atoms with E-state index in [1.165, 1.54) is 7.11 Å². The molecule has 1 heterocycles. The van der Waals surface area contributed by atoms with Gasteiger partial charge in [0.1, 0.15) is 11.3 Å². The summed E-state index contributed by atoms with van der Waals surface area (Å²) in [6.45, 7) is 9.29. The third kappa shape index (κ3) is 5.26. The maximum absolute atomic E-state index is 12.4. The van der Waals surface area contributed by atoms with E-state index in [0.29, 0.717) is 30.1 Å². The van der Waals surface area contributed by atoms with Crippen molar-refractivity contribution in [2.75, 3.05) is 33.3 Å². The van der Waals surface area contributed by atoms with Crippen molar-refractivity contribution in [3.8, 4) is 17.3 Å². The van der Waals surface area contributed by atoms with Gasteiger partial charge in [-0.25, -0.2) is 9.36 Å². The number of hydrogen-bond donors (Lipinski definition) is 3. The Bertz CT molecular complexity index is 943. The fourth-order valence-electron chi connectivity index (χ4n) is 2.97. The molecule has 0 amide bonds. The van der Waals surface area contributed by atoms with Gasteiger partial charge in [0.05, 0.1) is 18.5 Å². The van der Waals surface area contributed by atoms with Crippen molar-refractivity contribution in [1.29, 1.82) is 0 Å². The summed E-state index contributed by atoms with van der Waals surface area (Å²) in [7, 11) is 1.54. The Hall–Kier alpha value is -3.07. The maximum atomic E-state index is 12.4. The zero-order valence-corrected chi connectivity index (χ0v) is 17.4. The number of methoxy groups -OCH3 is 1. The highest BCUT2D eigenvalue weighted by molar-refractivity contribution is 6.01. The van der Waals surface area contributed by atoms with E-state index in [0.717, 1.165) is 24.2 Å². The van der Waals surface area contributed by atoms with Crippen molar-refractivity contribution in [1.82, 2.24) is 19.9 Å². The molecule has 2 rings (SSSR count). The number of hydrazone groups is 1. The summed E-state index contributed by atoms with van der Waals surface area (Å²) >= 11 is 0. The maximum Gasteiger partial charge on any atom is 0.335 e. The summed E-state index contributed by atoms with van der Waals surface area (Å²) in [4.78, 5) is 29.2. The first-order valence-corrected chi connectivity index (χ1v) is 9.71. The van der Waals surface area contributed by atoms with Gasteiger partial charge in [-0.15, -0.1) is 0 Å².